The molecule has 0 saturated heterocycles. The molecule has 0 N–H and O–H groups in total. The quantitative estimate of drug-likeness (QED) is 0.548. The Kier molecular flexibility index (Phi) is 11.7. The lowest BCUT2D eigenvalue weighted by Gasteiger charge is -1.74. The fourth-order valence-electron chi connectivity index (χ4n) is 0.864. The summed E-state index contributed by atoms with van der Waals surface area (Å²) >= 11 is 0. The molecule has 0 radical (unpaired) electrons. The van der Waals surface area contributed by atoms with Gasteiger partial charge in [0.1, 0.15) is 0 Å². The van der Waals surface area contributed by atoms with E-state index in [0.29, 0.717) is 0 Å². The SMILES string of the molecule is C/C=C/C=C\C=C\C=C\C=C\C=C\C=C\C. The fraction of sp³-hybridized carbons (Fsp3) is 0.125. The van der Waals surface area contributed by atoms with Crippen molar-refractivity contribution in [3.63, 3.8) is 0 Å². The van der Waals surface area contributed by atoms with Crippen molar-refractivity contribution in [2.75, 3.05) is 0 Å². The maximum Gasteiger partial charge on any atom is -0.0467 e. The highest BCUT2D eigenvalue weighted by atomic mass is 13.7. The Balaban J connectivity index is 3.76. The molecule has 0 amide bonds. The van der Waals surface area contributed by atoms with Gasteiger partial charge < -0.3 is 0 Å². The van der Waals surface area contributed by atoms with Gasteiger partial charge in [0, 0.05) is 0 Å². The van der Waals surface area contributed by atoms with Gasteiger partial charge in [0.2, 0.25) is 0 Å². The van der Waals surface area contributed by atoms with Gasteiger partial charge in [0.25, 0.3) is 0 Å². The Morgan fingerprint density at radius 3 is 0.688 bits per heavy atom. The third-order valence-electron chi connectivity index (χ3n) is 1.61. The van der Waals surface area contributed by atoms with E-state index >= 15 is 0 Å². The largest absolute Gasteiger partial charge is 0.0877 e. The Bertz CT molecular complexity index is 297. The van der Waals surface area contributed by atoms with Crippen LogP contribution in [0.5, 0.6) is 0 Å². The number of allylic oxidation sites excluding steroid dienone is 14. The minimum atomic E-state index is 2.00. The van der Waals surface area contributed by atoms with Crippen molar-refractivity contribution in [2.24, 2.45) is 0 Å². The van der Waals surface area contributed by atoms with E-state index in [4.69, 9.17) is 0 Å². The lowest BCUT2D eigenvalue weighted by atomic mass is 10.3. The summed E-state index contributed by atoms with van der Waals surface area (Å²) in [4.78, 5) is 0. The predicted octanol–water partition coefficient (Wildman–Crippen LogP) is 4.92. The Morgan fingerprint density at radius 2 is 0.500 bits per heavy atom. The molecule has 0 aromatic carbocycles. The van der Waals surface area contributed by atoms with Gasteiger partial charge in [-0.15, -0.1) is 0 Å². The smallest absolute Gasteiger partial charge is 0.0467 e. The molecule has 0 aliphatic carbocycles. The van der Waals surface area contributed by atoms with Crippen molar-refractivity contribution >= 4 is 0 Å². The van der Waals surface area contributed by atoms with Crippen LogP contribution in [0.3, 0.4) is 0 Å². The van der Waals surface area contributed by atoms with E-state index in [0.717, 1.165) is 0 Å². The Labute approximate surface area is 99.4 Å². The predicted molar refractivity (Wildman–Crippen MR) is 75.3 cm³/mol. The van der Waals surface area contributed by atoms with Crippen LogP contribution in [0.25, 0.3) is 0 Å². The van der Waals surface area contributed by atoms with Crippen molar-refractivity contribution < 1.29 is 0 Å². The monoisotopic (exact) mass is 212 g/mol. The molecule has 0 unspecified atom stereocenters. The average Bonchev–Trinajstić information content (AvgIpc) is 2.31. The maximum atomic E-state index is 2.00. The van der Waals surface area contributed by atoms with Crippen LogP contribution in [0.4, 0.5) is 0 Å². The summed E-state index contributed by atoms with van der Waals surface area (Å²) in [6, 6.07) is 0. The normalized spacial score (nSPS) is 14.4. The summed E-state index contributed by atoms with van der Waals surface area (Å²) in [5.41, 5.74) is 0. The van der Waals surface area contributed by atoms with Gasteiger partial charge >= 0.3 is 0 Å². The molecule has 0 heteroatoms. The molecule has 0 spiro atoms. The lowest BCUT2D eigenvalue weighted by molar-refractivity contribution is 1.73. The zero-order chi connectivity index (χ0) is 11.9. The molecule has 0 aliphatic heterocycles. The molecule has 0 aromatic rings. The highest BCUT2D eigenvalue weighted by Gasteiger charge is 1.63. The molecule has 84 valence electrons. The van der Waals surface area contributed by atoms with Gasteiger partial charge in [0.05, 0.1) is 0 Å². The molecule has 0 fully saturated rings. The van der Waals surface area contributed by atoms with Crippen LogP contribution >= 0.6 is 0 Å². The molecule has 0 nitrogen and oxygen atoms in total. The fourth-order valence-corrected chi connectivity index (χ4v) is 0.864. The standard InChI is InChI=1S/C16H20/c1-3-5-7-9-11-13-15-16-14-12-10-8-6-4-2/h3-16H,1-2H3/b5-3+,6-4+,9-7-,10-8+,13-11+,14-12+,16-15+. The van der Waals surface area contributed by atoms with Crippen molar-refractivity contribution in [1.29, 1.82) is 0 Å². The topological polar surface area (TPSA) is 0 Å². The van der Waals surface area contributed by atoms with Crippen LogP contribution < -0.4 is 0 Å². The Hall–Kier alpha value is -1.82. The molecule has 16 heavy (non-hydrogen) atoms. The minimum absolute atomic E-state index is 2.00. The van der Waals surface area contributed by atoms with Crippen molar-refractivity contribution in [2.45, 2.75) is 13.8 Å². The van der Waals surface area contributed by atoms with Gasteiger partial charge in [-0.3, -0.25) is 0 Å². The van der Waals surface area contributed by atoms with Gasteiger partial charge in [-0.05, 0) is 13.8 Å². The van der Waals surface area contributed by atoms with E-state index < -0.39 is 0 Å². The minimum Gasteiger partial charge on any atom is -0.0877 e. The maximum absolute atomic E-state index is 2.00. The van der Waals surface area contributed by atoms with Gasteiger partial charge in [-0.1, -0.05) is 85.1 Å². The summed E-state index contributed by atoms with van der Waals surface area (Å²) in [6.07, 6.45) is 28.0. The van der Waals surface area contributed by atoms with Crippen LogP contribution in [-0.4, -0.2) is 0 Å². The summed E-state index contributed by atoms with van der Waals surface area (Å²) in [5.74, 6) is 0. The van der Waals surface area contributed by atoms with Crippen molar-refractivity contribution in [3.05, 3.63) is 85.1 Å². The first kappa shape index (κ1) is 14.2. The second-order valence-electron chi connectivity index (χ2n) is 2.98. The van der Waals surface area contributed by atoms with Gasteiger partial charge in [-0.2, -0.15) is 0 Å². The highest BCUT2D eigenvalue weighted by molar-refractivity contribution is 5.20. The molecule has 0 bridgehead atoms. The van der Waals surface area contributed by atoms with Crippen LogP contribution in [-0.2, 0) is 0 Å². The molecule has 0 aromatic heterocycles. The summed E-state index contributed by atoms with van der Waals surface area (Å²) < 4.78 is 0. The van der Waals surface area contributed by atoms with E-state index in [2.05, 4.69) is 0 Å². The molecule has 0 saturated carbocycles. The van der Waals surface area contributed by atoms with E-state index in [9.17, 15) is 0 Å². The highest BCUT2D eigenvalue weighted by Crippen LogP contribution is 1.85. The van der Waals surface area contributed by atoms with Gasteiger partial charge in [0.15, 0.2) is 0 Å². The van der Waals surface area contributed by atoms with E-state index in [1.165, 1.54) is 0 Å². The molecule has 0 heterocycles. The molecular weight excluding hydrogens is 192 g/mol. The van der Waals surface area contributed by atoms with Gasteiger partial charge in [-0.25, -0.2) is 0 Å². The number of hydrogen-bond acceptors (Lipinski definition) is 0. The zero-order valence-corrected chi connectivity index (χ0v) is 10.1. The number of hydrogen-bond donors (Lipinski definition) is 0. The average molecular weight is 212 g/mol. The lowest BCUT2D eigenvalue weighted by Crippen LogP contribution is -1.52. The van der Waals surface area contributed by atoms with Crippen LogP contribution in [0.1, 0.15) is 13.8 Å². The first-order valence-electron chi connectivity index (χ1n) is 5.49. The van der Waals surface area contributed by atoms with Crippen molar-refractivity contribution in [1.82, 2.24) is 0 Å². The summed E-state index contributed by atoms with van der Waals surface area (Å²) in [5, 5.41) is 0. The second-order valence-corrected chi connectivity index (χ2v) is 2.98. The molecular formula is C16H20. The van der Waals surface area contributed by atoms with E-state index in [1.807, 2.05) is 98.9 Å². The van der Waals surface area contributed by atoms with E-state index in [1.54, 1.807) is 0 Å². The number of rotatable bonds is 6. The molecule has 0 aliphatic rings. The van der Waals surface area contributed by atoms with Crippen molar-refractivity contribution in [3.8, 4) is 0 Å². The third-order valence-corrected chi connectivity index (χ3v) is 1.61. The summed E-state index contributed by atoms with van der Waals surface area (Å²) in [6.45, 7) is 4.00. The first-order valence-corrected chi connectivity index (χ1v) is 5.49. The first-order chi connectivity index (χ1) is 7.91. The van der Waals surface area contributed by atoms with E-state index in [-0.39, 0.29) is 0 Å². The van der Waals surface area contributed by atoms with Crippen LogP contribution in [0.2, 0.25) is 0 Å². The Morgan fingerprint density at radius 1 is 0.312 bits per heavy atom. The third kappa shape index (κ3) is 12.2. The second kappa shape index (κ2) is 13.2. The van der Waals surface area contributed by atoms with Crippen LogP contribution in [0, 0.1) is 0 Å². The van der Waals surface area contributed by atoms with Crippen LogP contribution in [0.15, 0.2) is 85.1 Å². The zero-order valence-electron chi connectivity index (χ0n) is 10.1. The molecule has 0 rings (SSSR count). The summed E-state index contributed by atoms with van der Waals surface area (Å²) in [7, 11) is 0. The molecule has 0 atom stereocenters.